The number of nitrogens with zero attached hydrogens (tertiary/aromatic N) is 2. The quantitative estimate of drug-likeness (QED) is 0.641. The Hall–Kier alpha value is -1.93. The van der Waals surface area contributed by atoms with E-state index in [1.165, 1.54) is 0 Å². The molecule has 0 saturated carbocycles. The Labute approximate surface area is 135 Å². The second kappa shape index (κ2) is 4.55. The van der Waals surface area contributed by atoms with E-state index in [4.69, 9.17) is 5.41 Å². The van der Waals surface area contributed by atoms with E-state index in [1.54, 1.807) is 41.5 Å². The first-order chi connectivity index (χ1) is 10.3. The van der Waals surface area contributed by atoms with Crippen molar-refractivity contribution in [1.29, 1.82) is 5.41 Å². The first-order valence-electron chi connectivity index (χ1n) is 7.60. The predicted octanol–water partition coefficient (Wildman–Crippen LogP) is -0.333. The highest BCUT2D eigenvalue weighted by Gasteiger charge is 2.67. The molecule has 8 heteroatoms. The predicted molar refractivity (Wildman–Crippen MR) is 78.4 cm³/mol. The number of hydrogen-bond donors (Lipinski definition) is 2. The highest BCUT2D eigenvalue weighted by molar-refractivity contribution is 5.99. The molecular weight excluding hydrogens is 300 g/mol. The number of carbonyl (C=O) groups excluding carboxylic acids is 2. The van der Waals surface area contributed by atoms with Crippen molar-refractivity contribution in [2.75, 3.05) is 13.1 Å². The fourth-order valence-electron chi connectivity index (χ4n) is 4.09. The molecule has 0 spiro atoms. The van der Waals surface area contributed by atoms with Crippen molar-refractivity contribution in [3.05, 3.63) is 11.3 Å². The average Bonchev–Trinajstić information content (AvgIpc) is 2.80. The smallest absolute Gasteiger partial charge is 0.290 e. The van der Waals surface area contributed by atoms with Crippen LogP contribution in [-0.4, -0.2) is 51.3 Å². The molecule has 23 heavy (non-hydrogen) atoms. The number of carboxylic acid groups (broad SMARTS) is 2. The molecule has 0 saturated heterocycles. The minimum atomic E-state index is -1.43. The molecule has 0 bridgehead atoms. The third kappa shape index (κ3) is 1.76. The molecule has 0 fully saturated rings. The lowest BCUT2D eigenvalue weighted by atomic mass is 9.90. The first kappa shape index (κ1) is 17.4. The fraction of sp³-hybridized carbons (Fsp3) is 0.667. The Balaban J connectivity index is 2.63. The van der Waals surface area contributed by atoms with E-state index in [-0.39, 0.29) is 18.9 Å². The van der Waals surface area contributed by atoms with Crippen LogP contribution in [0.5, 0.6) is 0 Å². The molecule has 0 aliphatic carbocycles. The summed E-state index contributed by atoms with van der Waals surface area (Å²) in [6, 6.07) is 0. The Morgan fingerprint density at radius 1 is 1.26 bits per heavy atom. The maximum absolute atomic E-state index is 12.1. The van der Waals surface area contributed by atoms with E-state index in [0.29, 0.717) is 11.3 Å². The highest BCUT2D eigenvalue weighted by atomic mass is 16.4. The van der Waals surface area contributed by atoms with Crippen LogP contribution in [0.4, 0.5) is 9.59 Å². The molecular formula is C15H24N4O4. The van der Waals surface area contributed by atoms with Gasteiger partial charge in [-0.1, -0.05) is 0 Å². The van der Waals surface area contributed by atoms with Crippen LogP contribution in [0, 0.1) is 5.41 Å². The van der Waals surface area contributed by atoms with Gasteiger partial charge in [0.1, 0.15) is 29.9 Å². The maximum atomic E-state index is 12.1. The van der Waals surface area contributed by atoms with E-state index >= 15 is 0 Å². The van der Waals surface area contributed by atoms with Crippen molar-refractivity contribution < 1.29 is 28.9 Å². The van der Waals surface area contributed by atoms with Crippen molar-refractivity contribution in [2.45, 2.75) is 52.6 Å². The van der Waals surface area contributed by atoms with Gasteiger partial charge in [-0.25, -0.2) is 10.8 Å². The third-order valence-electron chi connectivity index (χ3n) is 5.48. The molecule has 2 unspecified atom stereocenters. The molecule has 0 aromatic rings. The molecule has 2 amide bonds. The van der Waals surface area contributed by atoms with Crippen molar-refractivity contribution in [1.82, 2.24) is 5.43 Å². The number of carbonyl (C=O) groups is 2. The Kier molecular flexibility index (Phi) is 3.44. The van der Waals surface area contributed by atoms with Gasteiger partial charge >= 0.3 is 0 Å². The summed E-state index contributed by atoms with van der Waals surface area (Å²) in [6.45, 7) is 10.6. The molecule has 128 valence electrons. The number of amidine groups is 1. The summed E-state index contributed by atoms with van der Waals surface area (Å²) in [4.78, 5) is 23.7. The second-order valence-corrected chi connectivity index (χ2v) is 7.67. The minimum absolute atomic E-state index is 0.00722. The Morgan fingerprint density at radius 3 is 2.09 bits per heavy atom. The van der Waals surface area contributed by atoms with Gasteiger partial charge in [-0.3, -0.25) is 4.48 Å². The monoisotopic (exact) mass is 324 g/mol. The minimum Gasteiger partial charge on any atom is -0.498 e. The SMILES string of the molecule is CC[N+]1(C(=O)[O-])NC2=C(C[N+](C(=O)[O-])(C(C)(C)C)C2(C)C)C1=N. The second-order valence-electron chi connectivity index (χ2n) is 7.67. The van der Waals surface area contributed by atoms with Crippen LogP contribution in [0.25, 0.3) is 0 Å². The fourth-order valence-corrected chi connectivity index (χ4v) is 4.09. The van der Waals surface area contributed by atoms with E-state index in [1.807, 2.05) is 0 Å². The van der Waals surface area contributed by atoms with Gasteiger partial charge in [-0.15, -0.1) is 4.59 Å². The molecule has 2 N–H and O–H groups in total. The zero-order valence-corrected chi connectivity index (χ0v) is 14.4. The van der Waals surface area contributed by atoms with Crippen molar-refractivity contribution in [3.63, 3.8) is 0 Å². The van der Waals surface area contributed by atoms with Crippen LogP contribution in [-0.2, 0) is 0 Å². The lowest BCUT2D eigenvalue weighted by Gasteiger charge is -2.54. The summed E-state index contributed by atoms with van der Waals surface area (Å²) in [6.07, 6.45) is -2.67. The zero-order chi connectivity index (χ0) is 18.0. The number of likely N-dealkylation sites (N-methyl/N-ethyl adjacent to an activating group) is 1. The van der Waals surface area contributed by atoms with Gasteiger partial charge < -0.3 is 19.8 Å². The lowest BCUT2D eigenvalue weighted by molar-refractivity contribution is -0.951. The molecule has 0 aromatic carbocycles. The summed E-state index contributed by atoms with van der Waals surface area (Å²) in [5.74, 6) is -0.166. The van der Waals surface area contributed by atoms with Crippen LogP contribution in [0.2, 0.25) is 0 Å². The molecule has 2 aliphatic heterocycles. The summed E-state index contributed by atoms with van der Waals surface area (Å²) in [7, 11) is 0. The molecule has 0 radical (unpaired) electrons. The Morgan fingerprint density at radius 2 is 1.78 bits per heavy atom. The van der Waals surface area contributed by atoms with Crippen LogP contribution >= 0.6 is 0 Å². The van der Waals surface area contributed by atoms with Crippen LogP contribution in [0.1, 0.15) is 41.5 Å². The van der Waals surface area contributed by atoms with E-state index in [2.05, 4.69) is 5.43 Å². The number of amides is 2. The number of quaternary nitrogens is 2. The lowest BCUT2D eigenvalue weighted by Crippen LogP contribution is -2.77. The highest BCUT2D eigenvalue weighted by Crippen LogP contribution is 2.49. The van der Waals surface area contributed by atoms with Gasteiger partial charge in [0.05, 0.1) is 5.54 Å². The third-order valence-corrected chi connectivity index (χ3v) is 5.48. The molecule has 2 aliphatic rings. The first-order valence-corrected chi connectivity index (χ1v) is 7.60. The van der Waals surface area contributed by atoms with Gasteiger partial charge in [-0.05, 0) is 41.5 Å². The van der Waals surface area contributed by atoms with Crippen LogP contribution < -0.4 is 15.6 Å². The summed E-state index contributed by atoms with van der Waals surface area (Å²) < 4.78 is -1.22. The Bertz CT molecular complexity index is 646. The molecule has 2 rings (SSSR count). The van der Waals surface area contributed by atoms with Gasteiger partial charge in [0.15, 0.2) is 0 Å². The molecule has 2 heterocycles. The van der Waals surface area contributed by atoms with E-state index in [9.17, 15) is 19.8 Å². The summed E-state index contributed by atoms with van der Waals surface area (Å²) in [5.41, 5.74) is 2.08. The number of hydrogen-bond acceptors (Lipinski definition) is 6. The molecule has 2 atom stereocenters. The van der Waals surface area contributed by atoms with E-state index in [0.717, 1.165) is 0 Å². The largest absolute Gasteiger partial charge is 0.498 e. The number of rotatable bonds is 1. The van der Waals surface area contributed by atoms with Crippen molar-refractivity contribution in [2.24, 2.45) is 0 Å². The van der Waals surface area contributed by atoms with Crippen LogP contribution in [0.15, 0.2) is 11.3 Å². The molecule has 0 aromatic heterocycles. The maximum Gasteiger partial charge on any atom is 0.290 e. The van der Waals surface area contributed by atoms with Gasteiger partial charge in [0.2, 0.25) is 0 Å². The molecule has 8 nitrogen and oxygen atoms in total. The van der Waals surface area contributed by atoms with Crippen molar-refractivity contribution >= 4 is 18.0 Å². The standard InChI is InChI=1S/C15H24N4O4/c1-7-18(12(20)21)11(16)9-8-19(13(22)23,14(2,3)4)15(5,6)10(9)17-18/h7-8H2,1-6H3,(H2-2,16,17,20,21,22,23). The summed E-state index contributed by atoms with van der Waals surface area (Å²) in [5, 5.41) is 32.0. The van der Waals surface area contributed by atoms with Gasteiger partial charge in [0, 0.05) is 0 Å². The van der Waals surface area contributed by atoms with E-state index < -0.39 is 32.3 Å². The van der Waals surface area contributed by atoms with Crippen LogP contribution in [0.3, 0.4) is 0 Å². The normalized spacial score (nSPS) is 32.7. The number of nitrogens with one attached hydrogen (secondary N) is 2. The topological polar surface area (TPSA) is 116 Å². The van der Waals surface area contributed by atoms with Crippen molar-refractivity contribution in [3.8, 4) is 0 Å². The van der Waals surface area contributed by atoms with Gasteiger partial charge in [0.25, 0.3) is 18.0 Å². The van der Waals surface area contributed by atoms with Gasteiger partial charge in [-0.2, -0.15) is 0 Å². The summed E-state index contributed by atoms with van der Waals surface area (Å²) >= 11 is 0. The zero-order valence-electron chi connectivity index (χ0n) is 14.4. The average molecular weight is 324 g/mol.